The average molecular weight is 318 g/mol. The molecule has 3 nitrogen and oxygen atoms in total. The molecule has 0 bridgehead atoms. The zero-order valence-corrected chi connectivity index (χ0v) is 11.1. The second kappa shape index (κ2) is 4.04. The molecule has 0 spiro atoms. The van der Waals surface area contributed by atoms with Crippen LogP contribution in [-0.2, 0) is 14.6 Å². The summed E-state index contributed by atoms with van der Waals surface area (Å²) in [6, 6.07) is 0. The minimum atomic E-state index is -1.77. The molecule has 0 fully saturated rings. The molecule has 0 atom stereocenters. The molecule has 1 heterocycles. The maximum atomic E-state index is 5.67. The summed E-state index contributed by atoms with van der Waals surface area (Å²) in [5.74, 6) is 0. The molecule has 9 heteroatoms. The highest BCUT2D eigenvalue weighted by molar-refractivity contribution is 6.68. The number of aryl methyl sites for hydroxylation is 1. The maximum absolute atomic E-state index is 5.67. The Morgan fingerprint density at radius 2 is 1.50 bits per heavy atom. The molecule has 0 radical (unpaired) electrons. The second-order valence-electron chi connectivity index (χ2n) is 2.41. The molecule has 0 saturated heterocycles. The fourth-order valence-electron chi connectivity index (χ4n) is 0.866. The summed E-state index contributed by atoms with van der Waals surface area (Å²) < 4.78 is -2.27. The minimum absolute atomic E-state index is 0.00463. The van der Waals surface area contributed by atoms with E-state index in [9.17, 15) is 0 Å². The first-order chi connectivity index (χ1) is 6.14. The van der Waals surface area contributed by atoms with Gasteiger partial charge < -0.3 is 0 Å². The van der Waals surface area contributed by atoms with Gasteiger partial charge in [0.05, 0.1) is 0 Å². The highest BCUT2D eigenvalue weighted by Crippen LogP contribution is 2.46. The summed E-state index contributed by atoms with van der Waals surface area (Å²) in [6.07, 6.45) is 0. The van der Waals surface area contributed by atoms with Gasteiger partial charge in [0.1, 0.15) is 11.4 Å². The van der Waals surface area contributed by atoms with Crippen LogP contribution in [0.5, 0.6) is 0 Å². The molecule has 0 aliphatic heterocycles. The van der Waals surface area contributed by atoms with Crippen LogP contribution in [0.4, 0.5) is 0 Å². The molecule has 0 aliphatic carbocycles. The van der Waals surface area contributed by atoms with E-state index >= 15 is 0 Å². The Bertz CT molecular complexity index is 334. The SMILES string of the molecule is Cn1nnc(C(Cl)(Cl)Cl)c1C(Cl)(Cl)Cl. The van der Waals surface area contributed by atoms with Gasteiger partial charge in [-0.25, -0.2) is 4.68 Å². The highest BCUT2D eigenvalue weighted by atomic mass is 35.6. The Labute approximate surface area is 110 Å². The van der Waals surface area contributed by atoms with E-state index in [-0.39, 0.29) is 11.4 Å². The fourth-order valence-corrected chi connectivity index (χ4v) is 1.88. The van der Waals surface area contributed by atoms with Crippen LogP contribution in [0.1, 0.15) is 11.4 Å². The van der Waals surface area contributed by atoms with Crippen molar-refractivity contribution in [2.75, 3.05) is 0 Å². The first-order valence-corrected chi connectivity index (χ1v) is 5.45. The topological polar surface area (TPSA) is 30.7 Å². The molecular formula is C5H3Cl6N3. The van der Waals surface area contributed by atoms with Gasteiger partial charge in [-0.3, -0.25) is 0 Å². The van der Waals surface area contributed by atoms with E-state index in [1.54, 1.807) is 0 Å². The Morgan fingerprint density at radius 3 is 1.79 bits per heavy atom. The Hall–Kier alpha value is 0.880. The van der Waals surface area contributed by atoms with E-state index in [0.29, 0.717) is 0 Å². The van der Waals surface area contributed by atoms with Gasteiger partial charge in [-0.15, -0.1) is 5.10 Å². The lowest BCUT2D eigenvalue weighted by Gasteiger charge is -2.15. The fraction of sp³-hybridized carbons (Fsp3) is 0.600. The first-order valence-electron chi connectivity index (χ1n) is 3.18. The predicted molar refractivity (Wildman–Crippen MR) is 59.5 cm³/mol. The summed E-state index contributed by atoms with van der Waals surface area (Å²) in [7, 11) is 1.53. The number of alkyl halides is 6. The third-order valence-corrected chi connectivity index (χ3v) is 2.44. The quantitative estimate of drug-likeness (QED) is 0.686. The lowest BCUT2D eigenvalue weighted by Crippen LogP contribution is -2.15. The van der Waals surface area contributed by atoms with Gasteiger partial charge in [0.2, 0.25) is 7.59 Å². The van der Waals surface area contributed by atoms with Gasteiger partial charge in [0, 0.05) is 7.05 Å². The molecule has 0 amide bonds. The molecule has 1 aromatic rings. The molecule has 1 rings (SSSR count). The zero-order chi connectivity index (χ0) is 11.1. The Morgan fingerprint density at radius 1 is 1.00 bits per heavy atom. The predicted octanol–water partition coefficient (Wildman–Crippen LogP) is 3.47. The molecule has 0 unspecified atom stereocenters. The van der Waals surface area contributed by atoms with Crippen molar-refractivity contribution in [3.63, 3.8) is 0 Å². The van der Waals surface area contributed by atoms with Gasteiger partial charge in [-0.2, -0.15) is 0 Å². The molecule has 14 heavy (non-hydrogen) atoms. The van der Waals surface area contributed by atoms with Crippen molar-refractivity contribution in [1.82, 2.24) is 15.0 Å². The van der Waals surface area contributed by atoms with E-state index in [1.807, 2.05) is 0 Å². The summed E-state index contributed by atoms with van der Waals surface area (Å²) in [4.78, 5) is 0. The average Bonchev–Trinajstić information content (AvgIpc) is 2.27. The lowest BCUT2D eigenvalue weighted by atomic mass is 10.3. The molecule has 0 saturated carbocycles. The van der Waals surface area contributed by atoms with Crippen molar-refractivity contribution in [2.24, 2.45) is 7.05 Å². The third kappa shape index (κ3) is 2.71. The van der Waals surface area contributed by atoms with E-state index in [2.05, 4.69) is 10.3 Å². The number of aromatic nitrogens is 3. The largest absolute Gasteiger partial charge is 0.248 e. The van der Waals surface area contributed by atoms with Crippen molar-refractivity contribution >= 4 is 69.6 Å². The summed E-state index contributed by atoms with van der Waals surface area (Å²) in [5.41, 5.74) is 0.132. The standard InChI is InChI=1S/C5H3Cl6N3/c1-14-3(5(9,10)11)2(12-13-14)4(6,7)8/h1H3. The molecule has 0 aromatic carbocycles. The van der Waals surface area contributed by atoms with Gasteiger partial charge in [0.25, 0.3) is 0 Å². The molecule has 0 aliphatic rings. The van der Waals surface area contributed by atoms with Crippen molar-refractivity contribution < 1.29 is 0 Å². The van der Waals surface area contributed by atoms with E-state index in [1.165, 1.54) is 11.7 Å². The number of halogens is 6. The van der Waals surface area contributed by atoms with E-state index < -0.39 is 7.59 Å². The van der Waals surface area contributed by atoms with Crippen LogP contribution >= 0.6 is 69.6 Å². The van der Waals surface area contributed by atoms with Crippen molar-refractivity contribution in [2.45, 2.75) is 7.59 Å². The van der Waals surface area contributed by atoms with Crippen LogP contribution in [-0.4, -0.2) is 15.0 Å². The number of hydrogen-bond acceptors (Lipinski definition) is 2. The molecule has 80 valence electrons. The maximum Gasteiger partial charge on any atom is 0.236 e. The van der Waals surface area contributed by atoms with Gasteiger partial charge >= 0.3 is 0 Å². The van der Waals surface area contributed by atoms with Crippen LogP contribution in [0.3, 0.4) is 0 Å². The van der Waals surface area contributed by atoms with E-state index in [0.717, 1.165) is 0 Å². The first kappa shape index (κ1) is 12.9. The van der Waals surface area contributed by atoms with E-state index in [4.69, 9.17) is 69.6 Å². The zero-order valence-electron chi connectivity index (χ0n) is 6.61. The van der Waals surface area contributed by atoms with Crippen LogP contribution in [0.15, 0.2) is 0 Å². The second-order valence-corrected chi connectivity index (χ2v) is 6.97. The monoisotopic (exact) mass is 315 g/mol. The normalized spacial score (nSPS) is 13.4. The smallest absolute Gasteiger partial charge is 0.236 e. The van der Waals surface area contributed by atoms with Gasteiger partial charge in [0.15, 0.2) is 0 Å². The van der Waals surface area contributed by atoms with Crippen LogP contribution in [0, 0.1) is 0 Å². The van der Waals surface area contributed by atoms with Crippen molar-refractivity contribution in [1.29, 1.82) is 0 Å². The summed E-state index contributed by atoms with van der Waals surface area (Å²) in [6.45, 7) is 0. The van der Waals surface area contributed by atoms with Crippen LogP contribution in [0.2, 0.25) is 0 Å². The van der Waals surface area contributed by atoms with Crippen molar-refractivity contribution in [3.8, 4) is 0 Å². The van der Waals surface area contributed by atoms with Gasteiger partial charge in [-0.05, 0) is 0 Å². The van der Waals surface area contributed by atoms with Gasteiger partial charge in [-0.1, -0.05) is 74.8 Å². The summed E-state index contributed by atoms with van der Waals surface area (Å²) >= 11 is 33.9. The van der Waals surface area contributed by atoms with Crippen LogP contribution < -0.4 is 0 Å². The molecular weight excluding hydrogens is 315 g/mol. The molecule has 1 aromatic heterocycles. The highest BCUT2D eigenvalue weighted by Gasteiger charge is 2.39. The Balaban J connectivity index is 3.35. The number of hydrogen-bond donors (Lipinski definition) is 0. The van der Waals surface area contributed by atoms with Crippen molar-refractivity contribution in [3.05, 3.63) is 11.4 Å². The molecule has 0 N–H and O–H groups in total. The van der Waals surface area contributed by atoms with Crippen LogP contribution in [0.25, 0.3) is 0 Å². The lowest BCUT2D eigenvalue weighted by molar-refractivity contribution is 0.684. The minimum Gasteiger partial charge on any atom is -0.248 e. The number of nitrogens with zero attached hydrogens (tertiary/aromatic N) is 3. The number of rotatable bonds is 0. The summed E-state index contributed by atoms with van der Waals surface area (Å²) in [5, 5.41) is 7.23. The Kier molecular flexibility index (Phi) is 3.73. The third-order valence-electron chi connectivity index (χ3n) is 1.36.